The average Bonchev–Trinajstić information content (AvgIpc) is 2.98. The largest absolute Gasteiger partial charge is 0.506 e. The van der Waals surface area contributed by atoms with E-state index in [0.29, 0.717) is 5.69 Å². The van der Waals surface area contributed by atoms with Crippen LogP contribution in [0, 0.1) is 11.8 Å². The molecule has 1 aromatic carbocycles. The van der Waals surface area contributed by atoms with Gasteiger partial charge in [-0.2, -0.15) is 0 Å². The van der Waals surface area contributed by atoms with Crippen molar-refractivity contribution in [3.8, 4) is 5.75 Å². The number of aliphatic imine (C=N–C) groups is 1. The van der Waals surface area contributed by atoms with E-state index in [0.717, 1.165) is 37.2 Å². The number of rotatable bonds is 1. The highest BCUT2D eigenvalue weighted by molar-refractivity contribution is 6.10. The summed E-state index contributed by atoms with van der Waals surface area (Å²) >= 11 is 0. The molecule has 25 heavy (non-hydrogen) atoms. The summed E-state index contributed by atoms with van der Waals surface area (Å²) in [6.45, 7) is 3.90. The molecule has 1 saturated carbocycles. The van der Waals surface area contributed by atoms with Crippen LogP contribution in [0.5, 0.6) is 5.75 Å². The van der Waals surface area contributed by atoms with Gasteiger partial charge in [0.15, 0.2) is 0 Å². The van der Waals surface area contributed by atoms with Crippen LogP contribution in [0.2, 0.25) is 0 Å². The Labute approximate surface area is 147 Å². The number of phenolic OH excluding ortho intramolecular Hbond substituents is 1. The molecule has 5 nitrogen and oxygen atoms in total. The fraction of sp³-hybridized carbons (Fsp3) is 0.500. The lowest BCUT2D eigenvalue weighted by atomic mass is 9.51. The van der Waals surface area contributed by atoms with Crippen molar-refractivity contribution in [2.45, 2.75) is 31.2 Å². The molecule has 5 rings (SSSR count). The van der Waals surface area contributed by atoms with Crippen molar-refractivity contribution < 1.29 is 14.6 Å². The van der Waals surface area contributed by atoms with Gasteiger partial charge < -0.3 is 9.84 Å². The third-order valence-corrected chi connectivity index (χ3v) is 6.83. The van der Waals surface area contributed by atoms with Crippen molar-refractivity contribution >= 4 is 17.4 Å². The summed E-state index contributed by atoms with van der Waals surface area (Å²) in [6, 6.07) is 5.84. The second-order valence-electron chi connectivity index (χ2n) is 7.58. The van der Waals surface area contributed by atoms with Gasteiger partial charge in [-0.25, -0.2) is 0 Å². The van der Waals surface area contributed by atoms with Crippen molar-refractivity contribution in [3.63, 3.8) is 0 Å². The van der Waals surface area contributed by atoms with E-state index in [1.54, 1.807) is 6.07 Å². The van der Waals surface area contributed by atoms with Crippen LogP contribution < -0.4 is 0 Å². The number of hydrogen-bond acceptors (Lipinski definition) is 5. The van der Waals surface area contributed by atoms with E-state index in [1.807, 2.05) is 12.1 Å². The topological polar surface area (TPSA) is 62.1 Å². The maximum absolute atomic E-state index is 13.0. The summed E-state index contributed by atoms with van der Waals surface area (Å²) in [5.41, 5.74) is 3.63. The fourth-order valence-corrected chi connectivity index (χ4v) is 5.82. The quantitative estimate of drug-likeness (QED) is 0.631. The number of allylic oxidation sites excluding steroid dienone is 1. The number of benzene rings is 1. The van der Waals surface area contributed by atoms with Gasteiger partial charge in [-0.3, -0.25) is 14.7 Å². The molecule has 130 valence electrons. The number of methoxy groups -OCH3 is 1. The number of ether oxygens (including phenoxy) is 1. The molecule has 1 aromatic rings. The van der Waals surface area contributed by atoms with Gasteiger partial charge in [0.05, 0.1) is 18.4 Å². The molecule has 4 atom stereocenters. The van der Waals surface area contributed by atoms with Crippen molar-refractivity contribution in [1.82, 2.24) is 4.90 Å². The maximum atomic E-state index is 13.0. The first-order valence-corrected chi connectivity index (χ1v) is 9.00. The van der Waals surface area contributed by atoms with Crippen molar-refractivity contribution in [3.05, 3.63) is 35.4 Å². The minimum Gasteiger partial charge on any atom is -0.506 e. The molecule has 4 aliphatic rings. The Kier molecular flexibility index (Phi) is 2.99. The van der Waals surface area contributed by atoms with Crippen LogP contribution in [-0.4, -0.2) is 47.9 Å². The number of phenols is 1. The molecule has 3 aliphatic heterocycles. The molecule has 1 aliphatic carbocycles. The highest BCUT2D eigenvalue weighted by Gasteiger charge is 2.65. The number of nitrogens with zero attached hydrogens (tertiary/aromatic N) is 2. The van der Waals surface area contributed by atoms with Crippen molar-refractivity contribution in [1.29, 1.82) is 0 Å². The highest BCUT2D eigenvalue weighted by Crippen LogP contribution is 2.61. The minimum absolute atomic E-state index is 0.151. The summed E-state index contributed by atoms with van der Waals surface area (Å²) in [5, 5.41) is 10.4. The summed E-state index contributed by atoms with van der Waals surface area (Å²) in [7, 11) is 1.48. The Morgan fingerprint density at radius 1 is 1.48 bits per heavy atom. The normalized spacial score (nSPS) is 36.8. The van der Waals surface area contributed by atoms with Gasteiger partial charge in [0.2, 0.25) is 0 Å². The van der Waals surface area contributed by atoms with E-state index in [2.05, 4.69) is 17.9 Å². The van der Waals surface area contributed by atoms with E-state index in [4.69, 9.17) is 9.73 Å². The Morgan fingerprint density at radius 3 is 3.08 bits per heavy atom. The van der Waals surface area contributed by atoms with Gasteiger partial charge in [0.1, 0.15) is 11.4 Å². The number of hydrogen-bond donors (Lipinski definition) is 1. The second-order valence-corrected chi connectivity index (χ2v) is 7.58. The van der Waals surface area contributed by atoms with Gasteiger partial charge in [0.25, 0.3) is 0 Å². The van der Waals surface area contributed by atoms with Gasteiger partial charge in [-0.1, -0.05) is 23.8 Å². The third kappa shape index (κ3) is 1.67. The van der Waals surface area contributed by atoms with Gasteiger partial charge in [-0.05, 0) is 37.3 Å². The lowest BCUT2D eigenvalue weighted by Crippen LogP contribution is -2.68. The smallest absolute Gasteiger partial charge is 0.310 e. The lowest BCUT2D eigenvalue weighted by Gasteiger charge is -2.59. The molecule has 0 spiro atoms. The van der Waals surface area contributed by atoms with Crippen LogP contribution in [-0.2, 0) is 14.9 Å². The molecule has 0 amide bonds. The van der Waals surface area contributed by atoms with Crippen LogP contribution in [0.15, 0.2) is 34.8 Å². The monoisotopic (exact) mass is 338 g/mol. The third-order valence-electron chi connectivity index (χ3n) is 6.83. The number of piperidine rings is 2. The zero-order valence-electron chi connectivity index (χ0n) is 14.5. The number of para-hydroxylation sites is 1. The molecule has 1 N–H and O–H groups in total. The van der Waals surface area contributed by atoms with Crippen molar-refractivity contribution in [2.75, 3.05) is 20.2 Å². The van der Waals surface area contributed by atoms with Gasteiger partial charge in [-0.15, -0.1) is 0 Å². The number of esters is 1. The maximum Gasteiger partial charge on any atom is 0.310 e. The molecule has 3 heterocycles. The van der Waals surface area contributed by atoms with Gasteiger partial charge >= 0.3 is 5.97 Å². The summed E-state index contributed by atoms with van der Waals surface area (Å²) < 4.78 is 5.27. The lowest BCUT2D eigenvalue weighted by molar-refractivity contribution is -0.151. The first kappa shape index (κ1) is 15.1. The molecule has 0 radical (unpaired) electrons. The van der Waals surface area contributed by atoms with Crippen LogP contribution in [0.3, 0.4) is 0 Å². The first-order valence-electron chi connectivity index (χ1n) is 9.00. The predicted molar refractivity (Wildman–Crippen MR) is 94.2 cm³/mol. The minimum atomic E-state index is -0.431. The molecule has 3 bridgehead atoms. The van der Waals surface area contributed by atoms with E-state index in [9.17, 15) is 9.90 Å². The van der Waals surface area contributed by atoms with E-state index in [-0.39, 0.29) is 29.6 Å². The van der Waals surface area contributed by atoms with Crippen LogP contribution in [0.1, 0.15) is 25.3 Å². The Hall–Kier alpha value is -2.14. The Bertz CT molecular complexity index is 843. The van der Waals surface area contributed by atoms with E-state index in [1.165, 1.54) is 12.7 Å². The standard InChI is InChI=1S/C20H22N2O3/c1-3-11-10-22-8-7-20-13-5-4-6-15(23)17(13)21-18(20)14(22)9-12(11)16(20)19(24)25-2/h3-6,12,14,16,23H,7-10H2,1-2H3. The number of carbonyl (C=O) groups excluding carboxylic acids is 1. The van der Waals surface area contributed by atoms with Crippen LogP contribution in [0.4, 0.5) is 5.69 Å². The summed E-state index contributed by atoms with van der Waals surface area (Å²) in [4.78, 5) is 20.3. The molecular weight excluding hydrogens is 316 g/mol. The van der Waals surface area contributed by atoms with Gasteiger partial charge in [0, 0.05) is 24.8 Å². The molecule has 2 saturated heterocycles. The Morgan fingerprint density at radius 2 is 2.32 bits per heavy atom. The first-order chi connectivity index (χ1) is 12.1. The molecular formula is C20H22N2O3. The number of carbonyl (C=O) groups is 1. The summed E-state index contributed by atoms with van der Waals surface area (Å²) in [5.74, 6) is -0.0193. The molecule has 3 fully saturated rings. The predicted octanol–water partition coefficient (Wildman–Crippen LogP) is 2.56. The fourth-order valence-electron chi connectivity index (χ4n) is 5.82. The molecule has 5 heteroatoms. The second kappa shape index (κ2) is 4.94. The molecule has 0 aromatic heterocycles. The van der Waals surface area contributed by atoms with E-state index < -0.39 is 5.41 Å². The highest BCUT2D eigenvalue weighted by atomic mass is 16.5. The number of fused-ring (bicyclic) bond motifs is 2. The van der Waals surface area contributed by atoms with E-state index >= 15 is 0 Å². The SMILES string of the molecule is CC=C1CN2CCC34C(=Nc5c(O)cccc53)C2CC1C4C(=O)OC. The average molecular weight is 338 g/mol. The van der Waals surface area contributed by atoms with Crippen LogP contribution in [0.25, 0.3) is 0 Å². The van der Waals surface area contributed by atoms with Crippen LogP contribution >= 0.6 is 0 Å². The Balaban J connectivity index is 1.80. The zero-order chi connectivity index (χ0) is 17.3. The molecule has 4 unspecified atom stereocenters. The zero-order valence-corrected chi connectivity index (χ0v) is 14.5. The summed E-state index contributed by atoms with van der Waals surface area (Å²) in [6.07, 6.45) is 3.93. The number of aromatic hydroxyl groups is 1. The van der Waals surface area contributed by atoms with Crippen molar-refractivity contribution in [2.24, 2.45) is 16.8 Å².